The average molecular weight is 359 g/mol. The smallest absolute Gasteiger partial charge is 0.326 e. The lowest BCUT2D eigenvalue weighted by molar-refractivity contribution is -0.148. The predicted octanol–water partition coefficient (Wildman–Crippen LogP) is 1.91. The Morgan fingerprint density at radius 3 is 2.61 bits per heavy atom. The molecule has 1 atom stereocenters. The van der Waals surface area contributed by atoms with E-state index in [9.17, 15) is 9.59 Å². The molecule has 1 fully saturated rings. The van der Waals surface area contributed by atoms with Crippen molar-refractivity contribution in [1.82, 2.24) is 4.90 Å². The van der Waals surface area contributed by atoms with Crippen molar-refractivity contribution in [2.24, 2.45) is 0 Å². The van der Waals surface area contributed by atoms with Crippen LogP contribution in [0.15, 0.2) is 24.3 Å². The lowest BCUT2D eigenvalue weighted by Gasteiger charge is -2.21. The Bertz CT molecular complexity index is 458. The minimum Gasteiger partial charge on any atom is -0.480 e. The summed E-state index contributed by atoms with van der Waals surface area (Å²) in [6, 6.07) is 7.07. The van der Waals surface area contributed by atoms with Gasteiger partial charge >= 0.3 is 5.97 Å². The van der Waals surface area contributed by atoms with Crippen molar-refractivity contribution in [3.63, 3.8) is 0 Å². The van der Waals surface area contributed by atoms with Gasteiger partial charge in [0, 0.05) is 10.1 Å². The fourth-order valence-electron chi connectivity index (χ4n) is 2.20. The monoisotopic (exact) mass is 359 g/mol. The number of likely N-dealkylation sites (tertiary alicyclic amines) is 1. The van der Waals surface area contributed by atoms with Crippen molar-refractivity contribution in [1.29, 1.82) is 0 Å². The first-order chi connectivity index (χ1) is 8.58. The first kappa shape index (κ1) is 13.3. The van der Waals surface area contributed by atoms with Crippen LogP contribution in [-0.4, -0.2) is 34.5 Å². The van der Waals surface area contributed by atoms with Gasteiger partial charge in [-0.3, -0.25) is 4.79 Å². The van der Waals surface area contributed by atoms with Crippen LogP contribution in [0.3, 0.4) is 0 Å². The lowest BCUT2D eigenvalue weighted by Crippen LogP contribution is -2.41. The van der Waals surface area contributed by atoms with Gasteiger partial charge in [-0.2, -0.15) is 0 Å². The minimum absolute atomic E-state index is 0.0962. The summed E-state index contributed by atoms with van der Waals surface area (Å²) in [5, 5.41) is 9.04. The van der Waals surface area contributed by atoms with Gasteiger partial charge < -0.3 is 10.0 Å². The molecule has 0 bridgehead atoms. The first-order valence-corrected chi connectivity index (χ1v) is 6.92. The molecule has 18 heavy (non-hydrogen) atoms. The van der Waals surface area contributed by atoms with Crippen LogP contribution < -0.4 is 0 Å². The Morgan fingerprint density at radius 1 is 1.33 bits per heavy atom. The molecule has 2 rings (SSSR count). The van der Waals surface area contributed by atoms with E-state index in [0.29, 0.717) is 13.0 Å². The fourth-order valence-corrected chi connectivity index (χ4v) is 2.56. The second-order valence-corrected chi connectivity index (χ2v) is 5.63. The highest BCUT2D eigenvalue weighted by Crippen LogP contribution is 2.19. The molecule has 1 unspecified atom stereocenters. The van der Waals surface area contributed by atoms with Crippen LogP contribution in [0.4, 0.5) is 0 Å². The summed E-state index contributed by atoms with van der Waals surface area (Å²) in [4.78, 5) is 24.6. The standard InChI is InChI=1S/C13H14INO3/c14-10-5-3-9(4-6-10)8-12(16)15-7-1-2-11(15)13(17)18/h3-6,11H,1-2,7-8H2,(H,17,18). The van der Waals surface area contributed by atoms with E-state index < -0.39 is 12.0 Å². The van der Waals surface area contributed by atoms with Crippen molar-refractivity contribution in [3.8, 4) is 0 Å². The molecule has 1 aliphatic heterocycles. The van der Waals surface area contributed by atoms with Crippen molar-refractivity contribution in [2.45, 2.75) is 25.3 Å². The maximum absolute atomic E-state index is 12.1. The number of aliphatic carboxylic acids is 1. The summed E-state index contributed by atoms with van der Waals surface area (Å²) >= 11 is 2.21. The van der Waals surface area contributed by atoms with Gasteiger partial charge in [0.15, 0.2) is 0 Å². The summed E-state index contributed by atoms with van der Waals surface area (Å²) in [5.74, 6) is -0.996. The maximum Gasteiger partial charge on any atom is 0.326 e. The normalized spacial score (nSPS) is 18.9. The molecule has 1 aromatic rings. The molecule has 0 aliphatic carbocycles. The minimum atomic E-state index is -0.900. The average Bonchev–Trinajstić information content (AvgIpc) is 2.81. The Balaban J connectivity index is 2.03. The predicted molar refractivity (Wildman–Crippen MR) is 75.2 cm³/mol. The molecule has 0 radical (unpaired) electrons. The van der Waals surface area contributed by atoms with Crippen molar-refractivity contribution in [3.05, 3.63) is 33.4 Å². The van der Waals surface area contributed by atoms with Gasteiger partial charge in [0.05, 0.1) is 6.42 Å². The molecule has 0 spiro atoms. The summed E-state index contributed by atoms with van der Waals surface area (Å²) in [6.07, 6.45) is 1.61. The third-order valence-corrected chi connectivity index (χ3v) is 3.85. The summed E-state index contributed by atoms with van der Waals surface area (Å²) in [7, 11) is 0. The van der Waals surface area contributed by atoms with Crippen LogP contribution in [0.1, 0.15) is 18.4 Å². The molecule has 0 saturated carbocycles. The van der Waals surface area contributed by atoms with Gasteiger partial charge in [-0.05, 0) is 53.1 Å². The lowest BCUT2D eigenvalue weighted by atomic mass is 10.1. The quantitative estimate of drug-likeness (QED) is 0.839. The topological polar surface area (TPSA) is 57.6 Å². The number of benzene rings is 1. The van der Waals surface area contributed by atoms with Gasteiger partial charge in [0.2, 0.25) is 5.91 Å². The molecule has 1 saturated heterocycles. The van der Waals surface area contributed by atoms with E-state index in [1.165, 1.54) is 4.90 Å². The SMILES string of the molecule is O=C(O)C1CCCN1C(=O)Cc1ccc(I)cc1. The van der Waals surface area contributed by atoms with Crippen LogP contribution in [-0.2, 0) is 16.0 Å². The van der Waals surface area contributed by atoms with Gasteiger partial charge in [-0.1, -0.05) is 12.1 Å². The zero-order valence-corrected chi connectivity index (χ0v) is 12.0. The second-order valence-electron chi connectivity index (χ2n) is 4.39. The Labute approximate surface area is 119 Å². The molecule has 1 N–H and O–H groups in total. The first-order valence-electron chi connectivity index (χ1n) is 5.84. The van der Waals surface area contributed by atoms with E-state index in [0.717, 1.165) is 15.6 Å². The fraction of sp³-hybridized carbons (Fsp3) is 0.385. The number of amides is 1. The van der Waals surface area contributed by atoms with Crippen LogP contribution in [0.5, 0.6) is 0 Å². The van der Waals surface area contributed by atoms with Crippen LogP contribution in [0.2, 0.25) is 0 Å². The van der Waals surface area contributed by atoms with E-state index in [1.807, 2.05) is 24.3 Å². The molecular weight excluding hydrogens is 345 g/mol. The molecule has 1 amide bonds. The summed E-state index contributed by atoms with van der Waals surface area (Å²) in [6.45, 7) is 0.556. The highest BCUT2D eigenvalue weighted by molar-refractivity contribution is 14.1. The molecule has 1 aromatic carbocycles. The van der Waals surface area contributed by atoms with E-state index in [-0.39, 0.29) is 12.3 Å². The van der Waals surface area contributed by atoms with E-state index in [4.69, 9.17) is 5.11 Å². The molecule has 4 nitrogen and oxygen atoms in total. The van der Waals surface area contributed by atoms with Crippen LogP contribution >= 0.6 is 22.6 Å². The number of carboxylic acids is 1. The zero-order valence-electron chi connectivity index (χ0n) is 9.80. The molecule has 0 aromatic heterocycles. The Morgan fingerprint density at radius 2 is 2.00 bits per heavy atom. The Kier molecular flexibility index (Phi) is 4.21. The number of carbonyl (C=O) groups is 2. The third kappa shape index (κ3) is 3.01. The summed E-state index contributed by atoms with van der Waals surface area (Å²) in [5.41, 5.74) is 0.927. The number of hydrogen-bond acceptors (Lipinski definition) is 2. The number of halogens is 1. The number of nitrogens with zero attached hydrogens (tertiary/aromatic N) is 1. The Hall–Kier alpha value is -1.11. The van der Waals surface area contributed by atoms with E-state index >= 15 is 0 Å². The molecule has 1 aliphatic rings. The number of hydrogen-bond donors (Lipinski definition) is 1. The van der Waals surface area contributed by atoms with Gasteiger partial charge in [-0.25, -0.2) is 4.79 Å². The highest BCUT2D eigenvalue weighted by atomic mass is 127. The molecular formula is C13H14INO3. The van der Waals surface area contributed by atoms with E-state index in [1.54, 1.807) is 0 Å². The maximum atomic E-state index is 12.1. The van der Waals surface area contributed by atoms with E-state index in [2.05, 4.69) is 22.6 Å². The van der Waals surface area contributed by atoms with Gasteiger partial charge in [0.25, 0.3) is 0 Å². The van der Waals surface area contributed by atoms with Crippen LogP contribution in [0, 0.1) is 3.57 Å². The third-order valence-electron chi connectivity index (χ3n) is 3.13. The van der Waals surface area contributed by atoms with Crippen molar-refractivity contribution < 1.29 is 14.7 Å². The van der Waals surface area contributed by atoms with Crippen molar-refractivity contribution in [2.75, 3.05) is 6.54 Å². The second kappa shape index (κ2) is 5.69. The molecule has 96 valence electrons. The largest absolute Gasteiger partial charge is 0.480 e. The highest BCUT2D eigenvalue weighted by Gasteiger charge is 2.33. The van der Waals surface area contributed by atoms with Gasteiger partial charge in [0.1, 0.15) is 6.04 Å². The zero-order chi connectivity index (χ0) is 13.1. The molecule has 5 heteroatoms. The molecule has 1 heterocycles. The number of carboxylic acid groups (broad SMARTS) is 1. The van der Waals surface area contributed by atoms with Crippen LogP contribution in [0.25, 0.3) is 0 Å². The number of rotatable bonds is 3. The number of carbonyl (C=O) groups excluding carboxylic acids is 1. The van der Waals surface area contributed by atoms with Crippen molar-refractivity contribution >= 4 is 34.5 Å². The van der Waals surface area contributed by atoms with Gasteiger partial charge in [-0.15, -0.1) is 0 Å². The summed E-state index contributed by atoms with van der Waals surface area (Å²) < 4.78 is 1.12.